The van der Waals surface area contributed by atoms with Crippen LogP contribution in [0.1, 0.15) is 16.1 Å². The first-order chi connectivity index (χ1) is 14.1. The fraction of sp³-hybridized carbons (Fsp3) is 0.389. The van der Waals surface area contributed by atoms with Crippen LogP contribution in [-0.2, 0) is 14.8 Å². The summed E-state index contributed by atoms with van der Waals surface area (Å²) >= 11 is 6.01. The van der Waals surface area contributed by atoms with Gasteiger partial charge in [-0.2, -0.15) is 0 Å². The Labute approximate surface area is 179 Å². The molecule has 0 saturated carbocycles. The van der Waals surface area contributed by atoms with E-state index in [1.807, 2.05) is 4.90 Å². The fourth-order valence-corrected chi connectivity index (χ4v) is 3.83. The maximum atomic E-state index is 12.8. The summed E-state index contributed by atoms with van der Waals surface area (Å²) in [6.45, 7) is 3.84. The highest BCUT2D eigenvalue weighted by atomic mass is 35.5. The number of sulfonamides is 1. The van der Waals surface area contributed by atoms with Gasteiger partial charge in [-0.05, 0) is 25.1 Å². The normalized spacial score (nSPS) is 15.1. The maximum Gasteiger partial charge on any atom is 0.254 e. The third-order valence-corrected chi connectivity index (χ3v) is 5.35. The number of carbonyl (C=O) groups excluding carboxylic acids is 2. The molecular formula is C18H22ClN5O5S. The third kappa shape index (κ3) is 5.94. The minimum absolute atomic E-state index is 0.156. The lowest BCUT2D eigenvalue weighted by molar-refractivity contribution is -0.117. The molecule has 1 aliphatic rings. The standard InChI is InChI=1S/C18H22ClN5O5S/c1-12-9-16(21-29-12)20-17(25)11-23-5-7-24(8-6-23)18(26)13-3-4-14(19)15(10-13)22-30(2,27)28/h3-4,9-10,22H,5-8,11H2,1-2H3,(H,20,21,25). The molecule has 162 valence electrons. The van der Waals surface area contributed by atoms with Gasteiger partial charge in [-0.1, -0.05) is 16.8 Å². The predicted octanol–water partition coefficient (Wildman–Crippen LogP) is 1.40. The Morgan fingerprint density at radius 2 is 1.90 bits per heavy atom. The summed E-state index contributed by atoms with van der Waals surface area (Å²) in [6, 6.07) is 6.09. The van der Waals surface area contributed by atoms with Crippen molar-refractivity contribution in [2.75, 3.05) is 49.0 Å². The number of nitrogens with zero attached hydrogens (tertiary/aromatic N) is 3. The van der Waals surface area contributed by atoms with E-state index in [4.69, 9.17) is 16.1 Å². The summed E-state index contributed by atoms with van der Waals surface area (Å²) in [7, 11) is -3.52. The molecule has 2 aromatic rings. The molecule has 30 heavy (non-hydrogen) atoms. The van der Waals surface area contributed by atoms with E-state index in [2.05, 4.69) is 15.2 Å². The molecule has 0 spiro atoms. The van der Waals surface area contributed by atoms with Crippen LogP contribution in [-0.4, -0.2) is 74.2 Å². The highest BCUT2D eigenvalue weighted by molar-refractivity contribution is 7.92. The number of carbonyl (C=O) groups is 2. The number of hydrogen-bond donors (Lipinski definition) is 2. The van der Waals surface area contributed by atoms with Gasteiger partial charge in [-0.25, -0.2) is 8.42 Å². The Kier molecular flexibility index (Phi) is 6.64. The van der Waals surface area contributed by atoms with Crippen LogP contribution >= 0.6 is 11.6 Å². The van der Waals surface area contributed by atoms with Crippen LogP contribution < -0.4 is 10.0 Å². The molecule has 12 heteroatoms. The van der Waals surface area contributed by atoms with Crippen molar-refractivity contribution in [3.8, 4) is 0 Å². The summed E-state index contributed by atoms with van der Waals surface area (Å²) in [4.78, 5) is 28.5. The molecule has 0 radical (unpaired) electrons. The average Bonchev–Trinajstić information content (AvgIpc) is 3.07. The molecule has 0 atom stereocenters. The van der Waals surface area contributed by atoms with Crippen LogP contribution in [0.3, 0.4) is 0 Å². The van der Waals surface area contributed by atoms with Gasteiger partial charge in [0.1, 0.15) is 5.76 Å². The van der Waals surface area contributed by atoms with Crippen LogP contribution in [0, 0.1) is 6.92 Å². The fourth-order valence-electron chi connectivity index (χ4n) is 3.04. The van der Waals surface area contributed by atoms with E-state index < -0.39 is 10.0 Å². The van der Waals surface area contributed by atoms with Gasteiger partial charge in [0, 0.05) is 37.8 Å². The molecule has 0 unspecified atom stereocenters. The summed E-state index contributed by atoms with van der Waals surface area (Å²) in [5.74, 6) is 0.532. The number of hydrogen-bond acceptors (Lipinski definition) is 7. The largest absolute Gasteiger partial charge is 0.360 e. The molecule has 0 bridgehead atoms. The van der Waals surface area contributed by atoms with Crippen LogP contribution in [0.25, 0.3) is 0 Å². The minimum atomic E-state index is -3.52. The highest BCUT2D eigenvalue weighted by Gasteiger charge is 2.24. The Hall–Kier alpha value is -2.63. The van der Waals surface area contributed by atoms with Gasteiger partial charge >= 0.3 is 0 Å². The van der Waals surface area contributed by atoms with Crippen molar-refractivity contribution >= 4 is 44.9 Å². The lowest BCUT2D eigenvalue weighted by Gasteiger charge is -2.34. The van der Waals surface area contributed by atoms with Crippen molar-refractivity contribution in [3.05, 3.63) is 40.6 Å². The molecular weight excluding hydrogens is 434 g/mol. The molecule has 1 aromatic carbocycles. The van der Waals surface area contributed by atoms with E-state index in [9.17, 15) is 18.0 Å². The van der Waals surface area contributed by atoms with Gasteiger partial charge in [-0.3, -0.25) is 19.2 Å². The van der Waals surface area contributed by atoms with Crippen LogP contribution in [0.4, 0.5) is 11.5 Å². The second-order valence-electron chi connectivity index (χ2n) is 7.01. The number of halogens is 1. The number of piperazine rings is 1. The van der Waals surface area contributed by atoms with Gasteiger partial charge in [0.05, 0.1) is 23.5 Å². The molecule has 1 saturated heterocycles. The summed E-state index contributed by atoms with van der Waals surface area (Å²) < 4.78 is 30.1. The monoisotopic (exact) mass is 455 g/mol. The van der Waals surface area contributed by atoms with E-state index in [1.54, 1.807) is 24.0 Å². The molecule has 10 nitrogen and oxygen atoms in total. The third-order valence-electron chi connectivity index (χ3n) is 4.43. The molecule has 2 N–H and O–H groups in total. The number of nitrogens with one attached hydrogen (secondary N) is 2. The number of rotatable bonds is 6. The van der Waals surface area contributed by atoms with Crippen molar-refractivity contribution in [1.82, 2.24) is 15.0 Å². The SMILES string of the molecule is Cc1cc(NC(=O)CN2CCN(C(=O)c3ccc(Cl)c(NS(C)(=O)=O)c3)CC2)no1. The lowest BCUT2D eigenvalue weighted by Crippen LogP contribution is -2.50. The Bertz CT molecular complexity index is 1050. The molecule has 1 fully saturated rings. The van der Waals surface area contributed by atoms with Crippen molar-refractivity contribution in [2.24, 2.45) is 0 Å². The molecule has 2 amide bonds. The van der Waals surface area contributed by atoms with Crippen molar-refractivity contribution < 1.29 is 22.5 Å². The van der Waals surface area contributed by atoms with Gasteiger partial charge in [0.25, 0.3) is 5.91 Å². The number of aryl methyl sites for hydroxylation is 1. The summed E-state index contributed by atoms with van der Waals surface area (Å²) in [5, 5.41) is 6.59. The van der Waals surface area contributed by atoms with Crippen LogP contribution in [0.2, 0.25) is 5.02 Å². The average molecular weight is 456 g/mol. The highest BCUT2D eigenvalue weighted by Crippen LogP contribution is 2.25. The number of aromatic nitrogens is 1. The van der Waals surface area contributed by atoms with E-state index in [1.165, 1.54) is 12.1 Å². The van der Waals surface area contributed by atoms with E-state index in [0.717, 1.165) is 6.26 Å². The minimum Gasteiger partial charge on any atom is -0.360 e. The quantitative estimate of drug-likeness (QED) is 0.674. The second-order valence-corrected chi connectivity index (χ2v) is 9.16. The summed E-state index contributed by atoms with van der Waals surface area (Å²) in [5.41, 5.74) is 0.488. The molecule has 0 aliphatic carbocycles. The van der Waals surface area contributed by atoms with E-state index in [-0.39, 0.29) is 29.1 Å². The molecule has 1 aliphatic heterocycles. The number of benzene rings is 1. The molecule has 3 rings (SSSR count). The first-order valence-corrected chi connectivity index (χ1v) is 11.4. The van der Waals surface area contributed by atoms with E-state index in [0.29, 0.717) is 43.3 Å². The molecule has 2 heterocycles. The zero-order valence-corrected chi connectivity index (χ0v) is 18.1. The first kappa shape index (κ1) is 22.1. The van der Waals surface area contributed by atoms with Crippen molar-refractivity contribution in [3.63, 3.8) is 0 Å². The Balaban J connectivity index is 1.55. The van der Waals surface area contributed by atoms with E-state index >= 15 is 0 Å². The molecule has 1 aromatic heterocycles. The zero-order chi connectivity index (χ0) is 21.9. The van der Waals surface area contributed by atoms with Gasteiger partial charge in [0.2, 0.25) is 15.9 Å². The first-order valence-electron chi connectivity index (χ1n) is 9.13. The van der Waals surface area contributed by atoms with Gasteiger partial charge in [0.15, 0.2) is 5.82 Å². The maximum absolute atomic E-state index is 12.8. The van der Waals surface area contributed by atoms with Crippen LogP contribution in [0.15, 0.2) is 28.8 Å². The van der Waals surface area contributed by atoms with Crippen LogP contribution in [0.5, 0.6) is 0 Å². The summed E-state index contributed by atoms with van der Waals surface area (Å²) in [6.07, 6.45) is 1.01. The Morgan fingerprint density at radius 3 is 2.50 bits per heavy atom. The van der Waals surface area contributed by atoms with Gasteiger partial charge < -0.3 is 14.7 Å². The topological polar surface area (TPSA) is 125 Å². The Morgan fingerprint density at radius 1 is 1.20 bits per heavy atom. The number of amides is 2. The smallest absolute Gasteiger partial charge is 0.254 e. The zero-order valence-electron chi connectivity index (χ0n) is 16.5. The lowest BCUT2D eigenvalue weighted by atomic mass is 10.1. The van der Waals surface area contributed by atoms with Crippen molar-refractivity contribution in [2.45, 2.75) is 6.92 Å². The van der Waals surface area contributed by atoms with Gasteiger partial charge in [-0.15, -0.1) is 0 Å². The number of anilines is 2. The second kappa shape index (κ2) is 9.02. The predicted molar refractivity (Wildman–Crippen MR) is 112 cm³/mol. The van der Waals surface area contributed by atoms with Crippen molar-refractivity contribution in [1.29, 1.82) is 0 Å².